The van der Waals surface area contributed by atoms with Gasteiger partial charge in [0.05, 0.1) is 5.60 Å². The molecule has 22 heavy (non-hydrogen) atoms. The summed E-state index contributed by atoms with van der Waals surface area (Å²) in [6.45, 7) is 5.74. The van der Waals surface area contributed by atoms with Crippen LogP contribution in [0.1, 0.15) is 37.0 Å². The fourth-order valence-corrected chi connectivity index (χ4v) is 4.02. The first-order chi connectivity index (χ1) is 10.3. The van der Waals surface area contributed by atoms with Gasteiger partial charge in [0.15, 0.2) is 5.75 Å². The largest absolute Gasteiger partial charge is 0.504 e. The van der Waals surface area contributed by atoms with E-state index in [2.05, 4.69) is 6.92 Å². The van der Waals surface area contributed by atoms with Crippen molar-refractivity contribution in [3.05, 3.63) is 33.0 Å². The maximum Gasteiger partial charge on any atom is 0.224 e. The SMILES string of the molecule is CCSC[C@](C)(O)C1CCc2c(O)c(O)c(=O)cc(C)c2C1. The number of hydrogen-bond acceptors (Lipinski definition) is 5. The molecule has 0 bridgehead atoms. The first-order valence-corrected chi connectivity index (χ1v) is 8.81. The number of rotatable bonds is 4. The third kappa shape index (κ3) is 3.25. The van der Waals surface area contributed by atoms with E-state index in [0.717, 1.165) is 23.3 Å². The van der Waals surface area contributed by atoms with Gasteiger partial charge in [0.2, 0.25) is 11.2 Å². The monoisotopic (exact) mass is 324 g/mol. The molecule has 122 valence electrons. The van der Waals surface area contributed by atoms with Crippen molar-refractivity contribution < 1.29 is 15.3 Å². The highest BCUT2D eigenvalue weighted by Gasteiger charge is 2.35. The Labute approximate surface area is 135 Å². The summed E-state index contributed by atoms with van der Waals surface area (Å²) in [6, 6.07) is 1.37. The Balaban J connectivity index is 2.41. The molecule has 1 aliphatic carbocycles. The highest BCUT2D eigenvalue weighted by molar-refractivity contribution is 7.99. The van der Waals surface area contributed by atoms with Gasteiger partial charge in [-0.3, -0.25) is 4.79 Å². The molecular weight excluding hydrogens is 300 g/mol. The minimum absolute atomic E-state index is 0.0804. The maximum absolute atomic E-state index is 11.8. The van der Waals surface area contributed by atoms with Crippen LogP contribution in [0.5, 0.6) is 11.5 Å². The number of hydrogen-bond donors (Lipinski definition) is 3. The highest BCUT2D eigenvalue weighted by Crippen LogP contribution is 2.39. The predicted octanol–water partition coefficient (Wildman–Crippen LogP) is 2.38. The third-order valence-corrected chi connectivity index (χ3v) is 5.80. The molecule has 2 rings (SSSR count). The molecule has 5 heteroatoms. The van der Waals surface area contributed by atoms with Crippen molar-refractivity contribution in [1.29, 1.82) is 0 Å². The first-order valence-electron chi connectivity index (χ1n) is 7.65. The van der Waals surface area contributed by atoms with Gasteiger partial charge in [-0.15, -0.1) is 0 Å². The van der Waals surface area contributed by atoms with Gasteiger partial charge in [0, 0.05) is 11.3 Å². The smallest absolute Gasteiger partial charge is 0.224 e. The normalized spacial score (nSPS) is 20.3. The van der Waals surface area contributed by atoms with Gasteiger partial charge >= 0.3 is 0 Å². The van der Waals surface area contributed by atoms with Crippen LogP contribution < -0.4 is 5.43 Å². The van der Waals surface area contributed by atoms with Crippen molar-refractivity contribution in [2.75, 3.05) is 11.5 Å². The molecule has 0 spiro atoms. The molecule has 1 aliphatic rings. The van der Waals surface area contributed by atoms with Crippen LogP contribution in [0.4, 0.5) is 0 Å². The van der Waals surface area contributed by atoms with E-state index < -0.39 is 16.8 Å². The lowest BCUT2D eigenvalue weighted by Crippen LogP contribution is -2.40. The Morgan fingerprint density at radius 2 is 2.00 bits per heavy atom. The minimum Gasteiger partial charge on any atom is -0.504 e. The van der Waals surface area contributed by atoms with E-state index in [0.29, 0.717) is 24.2 Å². The summed E-state index contributed by atoms with van der Waals surface area (Å²) in [5, 5.41) is 30.6. The number of aliphatic hydroxyl groups is 1. The number of fused-ring (bicyclic) bond motifs is 1. The number of thioether (sulfide) groups is 1. The Hall–Kier alpha value is -1.20. The van der Waals surface area contributed by atoms with Crippen LogP contribution in [-0.4, -0.2) is 32.4 Å². The summed E-state index contributed by atoms with van der Waals surface area (Å²) in [5.41, 5.74) is 0.950. The van der Waals surface area contributed by atoms with Gasteiger partial charge in [0.1, 0.15) is 0 Å². The van der Waals surface area contributed by atoms with E-state index in [9.17, 15) is 20.1 Å². The quantitative estimate of drug-likeness (QED) is 0.792. The molecule has 0 heterocycles. The summed E-state index contributed by atoms with van der Waals surface area (Å²) < 4.78 is 0. The molecule has 0 radical (unpaired) electrons. The standard InChI is InChI=1S/C17H24O4S/c1-4-22-9-17(3,21)11-5-6-12-13(8-11)10(2)7-14(18)16(20)15(12)19/h7,11,21H,4-6,8-9H2,1-3H3,(H2,18,19,20)/t11?,17-/m0/s1. The van der Waals surface area contributed by atoms with Crippen LogP contribution in [0.3, 0.4) is 0 Å². The molecule has 0 saturated carbocycles. The van der Waals surface area contributed by atoms with E-state index in [1.807, 2.05) is 13.8 Å². The van der Waals surface area contributed by atoms with Crippen LogP contribution in [-0.2, 0) is 12.8 Å². The van der Waals surface area contributed by atoms with Crippen molar-refractivity contribution in [2.24, 2.45) is 5.92 Å². The average Bonchev–Trinajstić information content (AvgIpc) is 2.57. The van der Waals surface area contributed by atoms with Crippen molar-refractivity contribution in [3.63, 3.8) is 0 Å². The summed E-state index contributed by atoms with van der Waals surface area (Å²) >= 11 is 1.71. The second-order valence-electron chi connectivity index (χ2n) is 6.28. The zero-order valence-corrected chi connectivity index (χ0v) is 14.2. The molecule has 1 unspecified atom stereocenters. The van der Waals surface area contributed by atoms with E-state index in [1.54, 1.807) is 11.8 Å². The molecule has 2 atom stereocenters. The lowest BCUT2D eigenvalue weighted by Gasteiger charge is -2.36. The Kier molecular flexibility index (Phi) is 5.07. The molecule has 0 aromatic heterocycles. The summed E-state index contributed by atoms with van der Waals surface area (Å²) in [5.74, 6) is 0.842. The van der Waals surface area contributed by atoms with Gasteiger partial charge < -0.3 is 15.3 Å². The van der Waals surface area contributed by atoms with Gasteiger partial charge in [-0.25, -0.2) is 0 Å². The van der Waals surface area contributed by atoms with Crippen LogP contribution in [0.2, 0.25) is 0 Å². The van der Waals surface area contributed by atoms with Crippen molar-refractivity contribution in [3.8, 4) is 11.5 Å². The van der Waals surface area contributed by atoms with Crippen LogP contribution in [0, 0.1) is 12.8 Å². The fraction of sp³-hybridized carbons (Fsp3) is 0.588. The Bertz CT molecular complexity index is 625. The summed E-state index contributed by atoms with van der Waals surface area (Å²) in [4.78, 5) is 11.8. The molecule has 0 saturated heterocycles. The van der Waals surface area contributed by atoms with Crippen molar-refractivity contribution in [1.82, 2.24) is 0 Å². The predicted molar refractivity (Wildman–Crippen MR) is 89.9 cm³/mol. The van der Waals surface area contributed by atoms with E-state index >= 15 is 0 Å². The van der Waals surface area contributed by atoms with E-state index in [-0.39, 0.29) is 11.7 Å². The zero-order chi connectivity index (χ0) is 16.5. The fourth-order valence-electron chi connectivity index (χ4n) is 3.17. The zero-order valence-electron chi connectivity index (χ0n) is 13.3. The third-order valence-electron chi connectivity index (χ3n) is 4.60. The molecular formula is C17H24O4S. The van der Waals surface area contributed by atoms with Gasteiger partial charge in [-0.1, -0.05) is 6.92 Å². The number of aryl methyl sites for hydroxylation is 1. The summed E-state index contributed by atoms with van der Waals surface area (Å²) in [6.07, 6.45) is 1.90. The number of aromatic hydroxyl groups is 2. The van der Waals surface area contributed by atoms with Crippen LogP contribution in [0.15, 0.2) is 10.9 Å². The van der Waals surface area contributed by atoms with Gasteiger partial charge in [0.25, 0.3) is 0 Å². The van der Waals surface area contributed by atoms with Crippen LogP contribution in [0.25, 0.3) is 0 Å². The Morgan fingerprint density at radius 3 is 2.64 bits per heavy atom. The van der Waals surface area contributed by atoms with E-state index in [4.69, 9.17) is 0 Å². The lowest BCUT2D eigenvalue weighted by atomic mass is 9.75. The second-order valence-corrected chi connectivity index (χ2v) is 7.55. The molecule has 1 aromatic carbocycles. The van der Waals surface area contributed by atoms with Crippen LogP contribution >= 0.6 is 11.8 Å². The molecule has 0 amide bonds. The highest BCUT2D eigenvalue weighted by atomic mass is 32.2. The van der Waals surface area contributed by atoms with Gasteiger partial charge in [-0.05, 0) is 62.0 Å². The Morgan fingerprint density at radius 1 is 1.32 bits per heavy atom. The average molecular weight is 324 g/mol. The topological polar surface area (TPSA) is 77.8 Å². The molecule has 1 aromatic rings. The molecule has 0 aliphatic heterocycles. The lowest BCUT2D eigenvalue weighted by molar-refractivity contribution is 0.0155. The molecule has 3 N–H and O–H groups in total. The minimum atomic E-state index is -0.781. The van der Waals surface area contributed by atoms with Crippen molar-refractivity contribution in [2.45, 2.75) is 45.6 Å². The van der Waals surface area contributed by atoms with Crippen molar-refractivity contribution >= 4 is 11.8 Å². The maximum atomic E-state index is 11.8. The van der Waals surface area contributed by atoms with E-state index in [1.165, 1.54) is 6.07 Å². The first kappa shape index (κ1) is 17.2. The van der Waals surface area contributed by atoms with Gasteiger partial charge in [-0.2, -0.15) is 11.8 Å². The summed E-state index contributed by atoms with van der Waals surface area (Å²) in [7, 11) is 0. The molecule has 4 nitrogen and oxygen atoms in total. The second kappa shape index (κ2) is 6.50. The molecule has 0 fully saturated rings.